The smallest absolute Gasteiger partial charge is 0.171 e. The van der Waals surface area contributed by atoms with Gasteiger partial charge in [-0.2, -0.15) is 0 Å². The number of hydrogen-bond donors (Lipinski definition) is 1. The molecule has 3 heterocycles. The van der Waals surface area contributed by atoms with Gasteiger partial charge in [-0.25, -0.2) is 4.98 Å². The maximum Gasteiger partial charge on any atom is 0.171 e. The number of nitrogens with zero attached hydrogens (tertiary/aromatic N) is 5. The zero-order valence-corrected chi connectivity index (χ0v) is 9.20. The molecule has 0 unspecified atom stereocenters. The molecule has 0 aromatic carbocycles. The number of anilines is 1. The molecule has 6 nitrogen and oxygen atoms in total. The van der Waals surface area contributed by atoms with Gasteiger partial charge < -0.3 is 5.73 Å². The van der Waals surface area contributed by atoms with Crippen LogP contribution in [-0.2, 0) is 0 Å². The summed E-state index contributed by atoms with van der Waals surface area (Å²) in [7, 11) is 0. The molecule has 0 bridgehead atoms. The van der Waals surface area contributed by atoms with Gasteiger partial charge in [0.05, 0.1) is 11.9 Å². The Morgan fingerprint density at radius 1 is 1.29 bits per heavy atom. The van der Waals surface area contributed by atoms with Gasteiger partial charge in [0.15, 0.2) is 11.5 Å². The lowest BCUT2D eigenvalue weighted by atomic mass is 10.2. The Hall–Kier alpha value is -2.50. The monoisotopic (exact) mass is 226 g/mol. The minimum atomic E-state index is 0.572. The first-order chi connectivity index (χ1) is 8.25. The minimum absolute atomic E-state index is 0.572. The zero-order valence-electron chi connectivity index (χ0n) is 9.20. The summed E-state index contributed by atoms with van der Waals surface area (Å²) in [4.78, 5) is 8.17. The quantitative estimate of drug-likeness (QED) is 0.671. The first-order valence-corrected chi connectivity index (χ1v) is 5.13. The molecule has 17 heavy (non-hydrogen) atoms. The normalized spacial score (nSPS) is 10.9. The second-order valence-electron chi connectivity index (χ2n) is 3.75. The van der Waals surface area contributed by atoms with Crippen LogP contribution in [0.15, 0.2) is 30.9 Å². The van der Waals surface area contributed by atoms with Crippen molar-refractivity contribution in [2.24, 2.45) is 0 Å². The maximum absolute atomic E-state index is 5.87. The number of fused-ring (bicyclic) bond motifs is 1. The lowest BCUT2D eigenvalue weighted by molar-refractivity contribution is 1.05. The highest BCUT2D eigenvalue weighted by Crippen LogP contribution is 2.22. The number of hydrogen-bond acceptors (Lipinski definition) is 5. The summed E-state index contributed by atoms with van der Waals surface area (Å²) < 4.78 is 1.80. The van der Waals surface area contributed by atoms with Crippen molar-refractivity contribution < 1.29 is 0 Å². The van der Waals surface area contributed by atoms with Crippen molar-refractivity contribution in [1.29, 1.82) is 0 Å². The standard InChI is InChI=1S/C11H10N6/c1-7-4-10-15-16-11(17(10)6-14-7)8-2-3-13-5-9(8)12/h2-6H,12H2,1H3. The fraction of sp³-hybridized carbons (Fsp3) is 0.0909. The molecule has 0 fully saturated rings. The summed E-state index contributed by atoms with van der Waals surface area (Å²) in [5, 5.41) is 8.23. The van der Waals surface area contributed by atoms with E-state index >= 15 is 0 Å². The molecular formula is C11H10N6. The molecule has 6 heteroatoms. The van der Waals surface area contributed by atoms with Gasteiger partial charge in [0, 0.05) is 23.5 Å². The van der Waals surface area contributed by atoms with Crippen molar-refractivity contribution in [2.45, 2.75) is 6.92 Å². The second-order valence-corrected chi connectivity index (χ2v) is 3.75. The number of nitrogens with two attached hydrogens (primary N) is 1. The number of aromatic nitrogens is 5. The Balaban J connectivity index is 2.29. The van der Waals surface area contributed by atoms with Crippen LogP contribution in [-0.4, -0.2) is 24.6 Å². The molecule has 0 aliphatic heterocycles. The predicted octanol–water partition coefficient (Wildman–Crippen LogP) is 1.08. The fourth-order valence-corrected chi connectivity index (χ4v) is 1.68. The molecule has 0 saturated carbocycles. The Morgan fingerprint density at radius 3 is 3.00 bits per heavy atom. The van der Waals surface area contributed by atoms with Gasteiger partial charge in [-0.05, 0) is 13.0 Å². The van der Waals surface area contributed by atoms with E-state index in [1.165, 1.54) is 0 Å². The van der Waals surface area contributed by atoms with Crippen LogP contribution < -0.4 is 5.73 Å². The van der Waals surface area contributed by atoms with E-state index in [0.717, 1.165) is 16.9 Å². The van der Waals surface area contributed by atoms with Crippen molar-refractivity contribution in [2.75, 3.05) is 5.73 Å². The van der Waals surface area contributed by atoms with Crippen molar-refractivity contribution in [3.8, 4) is 11.4 Å². The molecule has 0 spiro atoms. The van der Waals surface area contributed by atoms with Crippen LogP contribution in [0, 0.1) is 6.92 Å². The average Bonchev–Trinajstić information content (AvgIpc) is 2.72. The largest absolute Gasteiger partial charge is 0.397 e. The van der Waals surface area contributed by atoms with Crippen LogP contribution >= 0.6 is 0 Å². The van der Waals surface area contributed by atoms with Crippen molar-refractivity contribution in [3.63, 3.8) is 0 Å². The van der Waals surface area contributed by atoms with E-state index in [1.54, 1.807) is 23.1 Å². The lowest BCUT2D eigenvalue weighted by Crippen LogP contribution is -1.96. The zero-order chi connectivity index (χ0) is 11.8. The van der Waals surface area contributed by atoms with Gasteiger partial charge in [-0.3, -0.25) is 9.38 Å². The van der Waals surface area contributed by atoms with E-state index in [2.05, 4.69) is 20.2 Å². The molecule has 3 rings (SSSR count). The van der Waals surface area contributed by atoms with Crippen molar-refractivity contribution in [1.82, 2.24) is 24.6 Å². The van der Waals surface area contributed by atoms with Gasteiger partial charge in [0.2, 0.25) is 0 Å². The average molecular weight is 226 g/mol. The molecule has 0 aliphatic rings. The third-order valence-corrected chi connectivity index (χ3v) is 2.53. The summed E-state index contributed by atoms with van der Waals surface area (Å²) in [6.45, 7) is 1.91. The van der Waals surface area contributed by atoms with Crippen LogP contribution in [0.5, 0.6) is 0 Å². The van der Waals surface area contributed by atoms with E-state index in [4.69, 9.17) is 5.73 Å². The predicted molar refractivity (Wildman–Crippen MR) is 63.2 cm³/mol. The Bertz CT molecular complexity index is 687. The van der Waals surface area contributed by atoms with Crippen LogP contribution in [0.1, 0.15) is 5.69 Å². The molecule has 0 radical (unpaired) electrons. The summed E-state index contributed by atoms with van der Waals surface area (Å²) >= 11 is 0. The number of rotatable bonds is 1. The Morgan fingerprint density at radius 2 is 2.18 bits per heavy atom. The van der Waals surface area contributed by atoms with E-state index in [-0.39, 0.29) is 0 Å². The summed E-state index contributed by atoms with van der Waals surface area (Å²) in [6, 6.07) is 3.68. The van der Waals surface area contributed by atoms with E-state index in [0.29, 0.717) is 11.5 Å². The molecule has 0 saturated heterocycles. The molecule has 84 valence electrons. The summed E-state index contributed by atoms with van der Waals surface area (Å²) in [5.41, 5.74) is 8.90. The van der Waals surface area contributed by atoms with Gasteiger partial charge in [0.1, 0.15) is 6.33 Å². The molecular weight excluding hydrogens is 216 g/mol. The highest BCUT2D eigenvalue weighted by Gasteiger charge is 2.10. The summed E-state index contributed by atoms with van der Waals surface area (Å²) in [5.74, 6) is 0.674. The van der Waals surface area contributed by atoms with E-state index in [1.807, 2.05) is 19.1 Å². The van der Waals surface area contributed by atoms with Gasteiger partial charge in [-0.1, -0.05) is 0 Å². The topological polar surface area (TPSA) is 82.0 Å². The Labute approximate surface area is 97.2 Å². The van der Waals surface area contributed by atoms with Crippen molar-refractivity contribution in [3.05, 3.63) is 36.5 Å². The van der Waals surface area contributed by atoms with Gasteiger partial charge in [-0.15, -0.1) is 10.2 Å². The molecule has 2 N–H and O–H groups in total. The third kappa shape index (κ3) is 1.50. The minimum Gasteiger partial charge on any atom is -0.397 e. The molecule has 0 atom stereocenters. The SMILES string of the molecule is Cc1cc2nnc(-c3ccncc3N)n2cn1. The fourth-order valence-electron chi connectivity index (χ4n) is 1.68. The van der Waals surface area contributed by atoms with Crippen molar-refractivity contribution >= 4 is 11.3 Å². The van der Waals surface area contributed by atoms with Crippen LogP contribution in [0.2, 0.25) is 0 Å². The Kier molecular flexibility index (Phi) is 2.01. The second kappa shape index (κ2) is 3.51. The van der Waals surface area contributed by atoms with E-state index in [9.17, 15) is 0 Å². The van der Waals surface area contributed by atoms with E-state index < -0.39 is 0 Å². The molecule has 0 amide bonds. The summed E-state index contributed by atoms with van der Waals surface area (Å²) in [6.07, 6.45) is 4.96. The van der Waals surface area contributed by atoms with Crippen LogP contribution in [0.4, 0.5) is 5.69 Å². The highest BCUT2D eigenvalue weighted by molar-refractivity contribution is 5.71. The maximum atomic E-state index is 5.87. The highest BCUT2D eigenvalue weighted by atomic mass is 15.3. The first kappa shape index (κ1) is 9.71. The molecule has 0 aliphatic carbocycles. The third-order valence-electron chi connectivity index (χ3n) is 2.53. The number of aryl methyl sites for hydroxylation is 1. The number of nitrogen functional groups attached to an aromatic ring is 1. The van der Waals surface area contributed by atoms with Crippen LogP contribution in [0.3, 0.4) is 0 Å². The lowest BCUT2D eigenvalue weighted by Gasteiger charge is -2.02. The molecule has 3 aromatic heterocycles. The molecule has 3 aromatic rings. The van der Waals surface area contributed by atoms with Crippen LogP contribution in [0.25, 0.3) is 17.0 Å². The number of pyridine rings is 1. The first-order valence-electron chi connectivity index (χ1n) is 5.13. The van der Waals surface area contributed by atoms with Gasteiger partial charge in [0.25, 0.3) is 0 Å². The van der Waals surface area contributed by atoms with Gasteiger partial charge >= 0.3 is 0 Å².